The zero-order chi connectivity index (χ0) is 15.0. The number of anilines is 1. The molecule has 2 heterocycles. The first-order chi connectivity index (χ1) is 10.0. The Balaban J connectivity index is 1.80. The van der Waals surface area contributed by atoms with Crippen molar-refractivity contribution in [3.63, 3.8) is 0 Å². The summed E-state index contributed by atoms with van der Waals surface area (Å²) in [5.74, 6) is -0.343. The van der Waals surface area contributed by atoms with Gasteiger partial charge >= 0.3 is 0 Å². The van der Waals surface area contributed by atoms with Crippen LogP contribution < -0.4 is 4.90 Å². The van der Waals surface area contributed by atoms with Crippen LogP contribution in [0.3, 0.4) is 0 Å². The van der Waals surface area contributed by atoms with Gasteiger partial charge in [-0.25, -0.2) is 4.90 Å². The molecule has 0 saturated carbocycles. The largest absolute Gasteiger partial charge is 0.274 e. The van der Waals surface area contributed by atoms with Gasteiger partial charge in [-0.3, -0.25) is 9.59 Å². The Bertz CT molecular complexity index is 696. The molecular formula is C14H13N3O2S2. The van der Waals surface area contributed by atoms with Gasteiger partial charge in [-0.2, -0.15) is 0 Å². The monoisotopic (exact) mass is 319 g/mol. The van der Waals surface area contributed by atoms with Gasteiger partial charge in [0, 0.05) is 6.42 Å². The second-order valence-electron chi connectivity index (χ2n) is 4.80. The molecule has 2 aromatic rings. The van der Waals surface area contributed by atoms with Gasteiger partial charge < -0.3 is 0 Å². The van der Waals surface area contributed by atoms with Crippen LogP contribution in [-0.2, 0) is 9.59 Å². The molecule has 1 aliphatic heterocycles. The van der Waals surface area contributed by atoms with Crippen LogP contribution in [0.2, 0.25) is 0 Å². The molecule has 108 valence electrons. The highest BCUT2D eigenvalue weighted by atomic mass is 32.2. The Morgan fingerprint density at radius 2 is 1.90 bits per heavy atom. The summed E-state index contributed by atoms with van der Waals surface area (Å²) in [4.78, 5) is 25.9. The van der Waals surface area contributed by atoms with Gasteiger partial charge in [-0.15, -0.1) is 10.2 Å². The van der Waals surface area contributed by atoms with Gasteiger partial charge in [0.2, 0.25) is 11.8 Å². The van der Waals surface area contributed by atoms with Crippen LogP contribution in [0.25, 0.3) is 0 Å². The van der Waals surface area contributed by atoms with Gasteiger partial charge in [-0.1, -0.05) is 40.8 Å². The summed E-state index contributed by atoms with van der Waals surface area (Å²) < 4.78 is 0.726. The first-order valence-corrected chi connectivity index (χ1v) is 8.14. The summed E-state index contributed by atoms with van der Waals surface area (Å²) in [7, 11) is 0. The van der Waals surface area contributed by atoms with Crippen molar-refractivity contribution in [3.8, 4) is 0 Å². The average molecular weight is 319 g/mol. The van der Waals surface area contributed by atoms with Crippen LogP contribution >= 0.6 is 23.1 Å². The number of imide groups is 1. The molecule has 0 aliphatic carbocycles. The highest BCUT2D eigenvalue weighted by Crippen LogP contribution is 2.35. The number of thioether (sulfide) groups is 1. The normalized spacial score (nSPS) is 18.6. The molecule has 0 bridgehead atoms. The first-order valence-electron chi connectivity index (χ1n) is 6.45. The van der Waals surface area contributed by atoms with Crippen LogP contribution in [0.1, 0.15) is 17.0 Å². The van der Waals surface area contributed by atoms with Gasteiger partial charge in [0.1, 0.15) is 10.3 Å². The highest BCUT2D eigenvalue weighted by Gasteiger charge is 2.40. The number of rotatable bonds is 3. The van der Waals surface area contributed by atoms with Crippen LogP contribution in [0.4, 0.5) is 5.69 Å². The van der Waals surface area contributed by atoms with E-state index in [2.05, 4.69) is 10.2 Å². The van der Waals surface area contributed by atoms with E-state index in [1.165, 1.54) is 28.0 Å². The summed E-state index contributed by atoms with van der Waals surface area (Å²) >= 11 is 2.75. The number of aromatic nitrogens is 2. The summed E-state index contributed by atoms with van der Waals surface area (Å²) in [5.41, 5.74) is 1.72. The predicted molar refractivity (Wildman–Crippen MR) is 82.6 cm³/mol. The maximum atomic E-state index is 12.5. The Labute approximate surface area is 130 Å². The maximum absolute atomic E-state index is 12.5. The molecule has 7 heteroatoms. The Morgan fingerprint density at radius 3 is 2.52 bits per heavy atom. The lowest BCUT2D eigenvalue weighted by molar-refractivity contribution is -0.121. The molecule has 0 N–H and O–H groups in total. The van der Waals surface area contributed by atoms with E-state index >= 15 is 0 Å². The van der Waals surface area contributed by atoms with Crippen LogP contribution in [-0.4, -0.2) is 27.3 Å². The predicted octanol–water partition coefficient (Wildman–Crippen LogP) is 2.58. The Kier molecular flexibility index (Phi) is 3.77. The second-order valence-corrected chi connectivity index (χ2v) is 7.43. The lowest BCUT2D eigenvalue weighted by Gasteiger charge is -2.14. The summed E-state index contributed by atoms with van der Waals surface area (Å²) in [6.07, 6.45) is 0.204. The van der Waals surface area contributed by atoms with E-state index in [9.17, 15) is 9.59 Å². The van der Waals surface area contributed by atoms with Crippen molar-refractivity contribution in [1.29, 1.82) is 0 Å². The highest BCUT2D eigenvalue weighted by molar-refractivity contribution is 8.02. The van der Waals surface area contributed by atoms with E-state index in [4.69, 9.17) is 0 Å². The lowest BCUT2D eigenvalue weighted by Crippen LogP contribution is -2.31. The van der Waals surface area contributed by atoms with Gasteiger partial charge in [0.05, 0.1) is 5.69 Å². The number of nitrogens with zero attached hydrogens (tertiary/aromatic N) is 3. The number of carbonyl (C=O) groups is 2. The molecule has 1 aromatic carbocycles. The van der Waals surface area contributed by atoms with Crippen molar-refractivity contribution in [2.45, 2.75) is 29.9 Å². The summed E-state index contributed by atoms with van der Waals surface area (Å²) in [5, 5.41) is 8.37. The van der Waals surface area contributed by atoms with Crippen LogP contribution in [0.15, 0.2) is 28.6 Å². The van der Waals surface area contributed by atoms with E-state index in [1.54, 1.807) is 12.1 Å². The quantitative estimate of drug-likeness (QED) is 0.814. The minimum atomic E-state index is -0.411. The smallest absolute Gasteiger partial charge is 0.247 e. The summed E-state index contributed by atoms with van der Waals surface area (Å²) in [6, 6.07) is 7.38. The third-order valence-corrected chi connectivity index (χ3v) is 5.26. The molecule has 1 unspecified atom stereocenters. The molecule has 1 saturated heterocycles. The third-order valence-electron chi connectivity index (χ3n) is 3.15. The SMILES string of the molecule is Cc1ccc(N2C(=O)CC(Sc3nnc(C)s3)C2=O)cc1. The van der Waals surface area contributed by atoms with Crippen LogP contribution in [0, 0.1) is 13.8 Å². The molecule has 1 aromatic heterocycles. The zero-order valence-electron chi connectivity index (χ0n) is 11.6. The minimum absolute atomic E-state index is 0.164. The number of carbonyl (C=O) groups excluding carboxylic acids is 2. The maximum Gasteiger partial charge on any atom is 0.247 e. The molecule has 0 radical (unpaired) electrons. The van der Waals surface area contributed by atoms with E-state index in [1.807, 2.05) is 26.0 Å². The number of benzene rings is 1. The topological polar surface area (TPSA) is 63.2 Å². The van der Waals surface area contributed by atoms with Crippen molar-refractivity contribution < 1.29 is 9.59 Å². The number of amides is 2. The fourth-order valence-electron chi connectivity index (χ4n) is 2.11. The second kappa shape index (κ2) is 5.57. The molecule has 1 fully saturated rings. The first kappa shape index (κ1) is 14.2. The van der Waals surface area contributed by atoms with Crippen molar-refractivity contribution in [3.05, 3.63) is 34.8 Å². The van der Waals surface area contributed by atoms with Crippen molar-refractivity contribution in [2.24, 2.45) is 0 Å². The number of hydrogen-bond acceptors (Lipinski definition) is 6. The van der Waals surface area contributed by atoms with Crippen molar-refractivity contribution >= 4 is 40.6 Å². The van der Waals surface area contributed by atoms with Crippen molar-refractivity contribution in [2.75, 3.05) is 4.90 Å². The van der Waals surface area contributed by atoms with Gasteiger partial charge in [0.15, 0.2) is 4.34 Å². The van der Waals surface area contributed by atoms with E-state index in [-0.39, 0.29) is 18.2 Å². The molecule has 1 atom stereocenters. The van der Waals surface area contributed by atoms with Crippen LogP contribution in [0.5, 0.6) is 0 Å². The standard InChI is InChI=1S/C14H13N3O2S2/c1-8-3-5-10(6-4-8)17-12(18)7-11(13(17)19)21-14-16-15-9(2)20-14/h3-6,11H,7H2,1-2H3. The lowest BCUT2D eigenvalue weighted by atomic mass is 10.2. The molecule has 1 aliphatic rings. The Morgan fingerprint density at radius 1 is 1.19 bits per heavy atom. The number of hydrogen-bond donors (Lipinski definition) is 0. The van der Waals surface area contributed by atoms with Crippen molar-refractivity contribution in [1.82, 2.24) is 10.2 Å². The summed E-state index contributed by atoms with van der Waals surface area (Å²) in [6.45, 7) is 3.83. The fraction of sp³-hybridized carbons (Fsp3) is 0.286. The average Bonchev–Trinajstić information content (AvgIpc) is 2.96. The number of aryl methyl sites for hydroxylation is 2. The van der Waals surface area contributed by atoms with Gasteiger partial charge in [-0.05, 0) is 26.0 Å². The van der Waals surface area contributed by atoms with Gasteiger partial charge in [0.25, 0.3) is 0 Å². The molecule has 2 amide bonds. The molecular weight excluding hydrogens is 306 g/mol. The zero-order valence-corrected chi connectivity index (χ0v) is 13.2. The third kappa shape index (κ3) is 2.84. The fourth-order valence-corrected chi connectivity index (χ4v) is 4.19. The van der Waals surface area contributed by atoms with E-state index < -0.39 is 5.25 Å². The minimum Gasteiger partial charge on any atom is -0.274 e. The van der Waals surface area contributed by atoms with E-state index in [0.29, 0.717) is 5.69 Å². The molecule has 5 nitrogen and oxygen atoms in total. The molecule has 3 rings (SSSR count). The van der Waals surface area contributed by atoms with E-state index in [0.717, 1.165) is 14.9 Å². The molecule has 21 heavy (non-hydrogen) atoms. The Hall–Kier alpha value is -1.73. The molecule has 0 spiro atoms.